The summed E-state index contributed by atoms with van der Waals surface area (Å²) in [5.74, 6) is -1.10. The summed E-state index contributed by atoms with van der Waals surface area (Å²) in [6.07, 6.45) is 1.43. The number of hydrogen-bond acceptors (Lipinski definition) is 3. The van der Waals surface area contributed by atoms with Gasteiger partial charge in [-0.2, -0.15) is 0 Å². The Balaban J connectivity index is 2.50. The number of ether oxygens (including phenoxy) is 2. The Bertz CT molecular complexity index is 441. The Morgan fingerprint density at radius 1 is 1.47 bits per heavy atom. The van der Waals surface area contributed by atoms with Gasteiger partial charge >= 0.3 is 5.97 Å². The van der Waals surface area contributed by atoms with E-state index in [1.54, 1.807) is 19.1 Å². The minimum Gasteiger partial charge on any atom is -0.448 e. The highest BCUT2D eigenvalue weighted by atomic mass is 35.5. The molecular weight excluding hydrogens is 216 g/mol. The first-order chi connectivity index (χ1) is 7.04. The molecule has 1 aliphatic rings. The van der Waals surface area contributed by atoms with Gasteiger partial charge in [-0.05, 0) is 24.3 Å². The summed E-state index contributed by atoms with van der Waals surface area (Å²) >= 11 is 5.76. The van der Waals surface area contributed by atoms with Crippen molar-refractivity contribution in [3.05, 3.63) is 41.4 Å². The summed E-state index contributed by atoms with van der Waals surface area (Å²) in [7, 11) is 0. The molecule has 0 saturated heterocycles. The number of halogens is 1. The van der Waals surface area contributed by atoms with Gasteiger partial charge in [-0.1, -0.05) is 18.2 Å². The zero-order valence-corrected chi connectivity index (χ0v) is 8.88. The van der Waals surface area contributed by atoms with Crippen molar-refractivity contribution in [3.63, 3.8) is 0 Å². The minimum absolute atomic E-state index is 0.335. The molecule has 3 nitrogen and oxygen atoms in total. The summed E-state index contributed by atoms with van der Waals surface area (Å²) in [6, 6.07) is 4.81. The molecule has 1 aromatic rings. The van der Waals surface area contributed by atoms with Crippen LogP contribution in [0.15, 0.2) is 30.9 Å². The molecule has 2 rings (SSSR count). The molecule has 0 bridgehead atoms. The maximum atomic E-state index is 11.6. The molecule has 0 fully saturated rings. The van der Waals surface area contributed by atoms with E-state index < -0.39 is 11.8 Å². The Morgan fingerprint density at radius 3 is 2.87 bits per heavy atom. The fraction of sp³-hybridized carbons (Fsp3) is 0.182. The maximum Gasteiger partial charge on any atom is 0.345 e. The second-order valence-electron chi connectivity index (χ2n) is 3.35. The van der Waals surface area contributed by atoms with Crippen LogP contribution in [0.3, 0.4) is 0 Å². The lowest BCUT2D eigenvalue weighted by molar-refractivity contribution is -0.105. The molecular formula is C11H9ClO3. The second-order valence-corrected chi connectivity index (χ2v) is 3.79. The zero-order valence-electron chi connectivity index (χ0n) is 8.12. The molecule has 4 heteroatoms. The van der Waals surface area contributed by atoms with Gasteiger partial charge in [0.05, 0.1) is 0 Å². The predicted molar refractivity (Wildman–Crippen MR) is 56.1 cm³/mol. The molecule has 0 aromatic heterocycles. The number of carbonyl (C=O) groups excluding carboxylic acids is 1. The van der Waals surface area contributed by atoms with Gasteiger partial charge in [0.1, 0.15) is 11.3 Å². The molecule has 0 radical (unpaired) electrons. The Hall–Kier alpha value is -1.48. The van der Waals surface area contributed by atoms with E-state index in [1.165, 1.54) is 12.1 Å². The van der Waals surface area contributed by atoms with Crippen molar-refractivity contribution in [2.75, 3.05) is 0 Å². The van der Waals surface area contributed by atoms with Gasteiger partial charge in [-0.15, -0.1) is 0 Å². The van der Waals surface area contributed by atoms with Crippen LogP contribution in [0, 0.1) is 0 Å². The van der Waals surface area contributed by atoms with Crippen LogP contribution in [0.1, 0.15) is 17.3 Å². The van der Waals surface area contributed by atoms with Crippen LogP contribution in [-0.4, -0.2) is 11.8 Å². The topological polar surface area (TPSA) is 35.5 Å². The first-order valence-electron chi connectivity index (χ1n) is 4.39. The van der Waals surface area contributed by atoms with E-state index in [0.717, 1.165) is 0 Å². The Labute approximate surface area is 92.3 Å². The van der Waals surface area contributed by atoms with E-state index in [1.807, 2.05) is 0 Å². The molecule has 1 aromatic carbocycles. The third kappa shape index (κ3) is 1.70. The smallest absolute Gasteiger partial charge is 0.345 e. The van der Waals surface area contributed by atoms with Crippen molar-refractivity contribution in [2.24, 2.45) is 0 Å². The number of fused-ring (bicyclic) bond motifs is 1. The summed E-state index contributed by atoms with van der Waals surface area (Å²) in [5, 5.41) is 0.469. The van der Waals surface area contributed by atoms with Crippen LogP contribution in [-0.2, 0) is 4.74 Å². The lowest BCUT2D eigenvalue weighted by atomic mass is 10.1. The molecule has 1 unspecified atom stereocenters. The summed E-state index contributed by atoms with van der Waals surface area (Å²) in [5.41, 5.74) is 0.335. The van der Waals surface area contributed by atoms with Crippen LogP contribution >= 0.6 is 11.6 Å². The lowest BCUT2D eigenvalue weighted by Gasteiger charge is -2.32. The number of carbonyl (C=O) groups is 1. The van der Waals surface area contributed by atoms with E-state index in [-0.39, 0.29) is 0 Å². The third-order valence-corrected chi connectivity index (χ3v) is 2.38. The van der Waals surface area contributed by atoms with Crippen molar-refractivity contribution in [1.82, 2.24) is 0 Å². The average Bonchev–Trinajstić information content (AvgIpc) is 2.20. The van der Waals surface area contributed by atoms with Crippen molar-refractivity contribution < 1.29 is 14.3 Å². The van der Waals surface area contributed by atoms with Gasteiger partial charge in [-0.3, -0.25) is 0 Å². The van der Waals surface area contributed by atoms with Gasteiger partial charge in [-0.25, -0.2) is 4.79 Å². The fourth-order valence-corrected chi connectivity index (χ4v) is 1.48. The SMILES string of the molecule is C=CC1(C)OC(=O)c2cc(Cl)ccc2O1. The van der Waals surface area contributed by atoms with Crippen molar-refractivity contribution in [1.29, 1.82) is 0 Å². The van der Waals surface area contributed by atoms with Crippen LogP contribution in [0.2, 0.25) is 5.02 Å². The molecule has 78 valence electrons. The lowest BCUT2D eigenvalue weighted by Crippen LogP contribution is -2.39. The number of esters is 1. The summed E-state index contributed by atoms with van der Waals surface area (Å²) in [4.78, 5) is 11.6. The maximum absolute atomic E-state index is 11.6. The van der Waals surface area contributed by atoms with Crippen LogP contribution < -0.4 is 4.74 Å². The highest BCUT2D eigenvalue weighted by molar-refractivity contribution is 6.31. The summed E-state index contributed by atoms with van der Waals surface area (Å²) in [6.45, 7) is 5.17. The standard InChI is InChI=1S/C11H9ClO3/c1-3-11(2)14-9-5-4-7(12)6-8(9)10(13)15-11/h3-6H,1H2,2H3. The van der Waals surface area contributed by atoms with Gasteiger partial charge in [0.25, 0.3) is 5.79 Å². The Kier molecular flexibility index (Phi) is 2.20. The fourth-order valence-electron chi connectivity index (χ4n) is 1.31. The van der Waals surface area contributed by atoms with Crippen molar-refractivity contribution in [3.8, 4) is 5.75 Å². The van der Waals surface area contributed by atoms with E-state index >= 15 is 0 Å². The molecule has 15 heavy (non-hydrogen) atoms. The molecule has 1 aliphatic heterocycles. The van der Waals surface area contributed by atoms with Crippen LogP contribution in [0.5, 0.6) is 5.75 Å². The molecule has 0 amide bonds. The number of hydrogen-bond donors (Lipinski definition) is 0. The van der Waals surface area contributed by atoms with E-state index in [2.05, 4.69) is 6.58 Å². The summed E-state index contributed by atoms with van der Waals surface area (Å²) < 4.78 is 10.5. The molecule has 0 saturated carbocycles. The molecule has 1 heterocycles. The first-order valence-corrected chi connectivity index (χ1v) is 4.77. The van der Waals surface area contributed by atoms with Gasteiger partial charge in [0.15, 0.2) is 0 Å². The van der Waals surface area contributed by atoms with Crippen LogP contribution in [0.25, 0.3) is 0 Å². The molecule has 0 spiro atoms. The third-order valence-electron chi connectivity index (χ3n) is 2.14. The minimum atomic E-state index is -1.10. The van der Waals surface area contributed by atoms with E-state index in [0.29, 0.717) is 16.3 Å². The van der Waals surface area contributed by atoms with Crippen molar-refractivity contribution >= 4 is 17.6 Å². The highest BCUT2D eigenvalue weighted by Gasteiger charge is 2.35. The molecule has 1 atom stereocenters. The average molecular weight is 225 g/mol. The Morgan fingerprint density at radius 2 is 2.20 bits per heavy atom. The molecule has 0 N–H and O–H groups in total. The van der Waals surface area contributed by atoms with Gasteiger partial charge in [0.2, 0.25) is 0 Å². The predicted octanol–water partition coefficient (Wildman–Crippen LogP) is 2.79. The quantitative estimate of drug-likeness (QED) is 0.544. The number of rotatable bonds is 1. The van der Waals surface area contributed by atoms with Crippen molar-refractivity contribution in [2.45, 2.75) is 12.7 Å². The number of benzene rings is 1. The van der Waals surface area contributed by atoms with E-state index in [9.17, 15) is 4.79 Å². The van der Waals surface area contributed by atoms with E-state index in [4.69, 9.17) is 21.1 Å². The number of cyclic esters (lactones) is 1. The largest absolute Gasteiger partial charge is 0.448 e. The highest BCUT2D eigenvalue weighted by Crippen LogP contribution is 2.33. The zero-order chi connectivity index (χ0) is 11.1. The van der Waals surface area contributed by atoms with Gasteiger partial charge < -0.3 is 9.47 Å². The molecule has 0 aliphatic carbocycles. The monoisotopic (exact) mass is 224 g/mol. The van der Waals surface area contributed by atoms with Gasteiger partial charge in [0, 0.05) is 11.9 Å². The first kappa shape index (κ1) is 10.1. The van der Waals surface area contributed by atoms with Crippen LogP contribution in [0.4, 0.5) is 0 Å². The normalized spacial score (nSPS) is 23.7. The second kappa shape index (κ2) is 3.28.